The number of aromatic nitrogens is 2. The van der Waals surface area contributed by atoms with Crippen molar-refractivity contribution in [1.29, 1.82) is 0 Å². The van der Waals surface area contributed by atoms with Gasteiger partial charge in [0.2, 0.25) is 0 Å². The van der Waals surface area contributed by atoms with Crippen LogP contribution in [0.15, 0.2) is 12.3 Å². The predicted octanol–water partition coefficient (Wildman–Crippen LogP) is 0.277. The highest BCUT2D eigenvalue weighted by Gasteiger charge is 2.35. The Hall–Kier alpha value is -1.44. The van der Waals surface area contributed by atoms with Crippen LogP contribution < -0.4 is 0 Å². The van der Waals surface area contributed by atoms with E-state index in [2.05, 4.69) is 34.1 Å². The molecule has 7 heteroatoms. The minimum absolute atomic E-state index is 0.0426. The van der Waals surface area contributed by atoms with E-state index >= 15 is 0 Å². The molecule has 2 saturated heterocycles. The van der Waals surface area contributed by atoms with E-state index in [0.29, 0.717) is 11.7 Å². The van der Waals surface area contributed by atoms with E-state index in [9.17, 15) is 4.79 Å². The first-order valence-electron chi connectivity index (χ1n) is 8.44. The van der Waals surface area contributed by atoms with Crippen LogP contribution in [0.5, 0.6) is 0 Å². The molecule has 0 spiro atoms. The van der Waals surface area contributed by atoms with Crippen molar-refractivity contribution in [2.45, 2.75) is 25.0 Å². The lowest BCUT2D eigenvalue weighted by Gasteiger charge is -2.40. The molecular formula is C16H27N5O2. The number of likely N-dealkylation sites (N-methyl/N-ethyl adjacent to an activating group) is 1. The Bertz CT molecular complexity index is 505. The lowest BCUT2D eigenvalue weighted by molar-refractivity contribution is -0.0724. The molecule has 2 aliphatic rings. The predicted molar refractivity (Wildman–Crippen MR) is 87.4 cm³/mol. The second-order valence-corrected chi connectivity index (χ2v) is 6.66. The molecule has 1 amide bonds. The van der Waals surface area contributed by atoms with Crippen molar-refractivity contribution in [2.75, 3.05) is 53.4 Å². The molecular weight excluding hydrogens is 294 g/mol. The number of morpholine rings is 1. The summed E-state index contributed by atoms with van der Waals surface area (Å²) in [6.07, 6.45) is 3.74. The molecule has 2 atom stereocenters. The first-order chi connectivity index (χ1) is 11.1. The normalized spacial score (nSPS) is 26.1. The Morgan fingerprint density at radius 1 is 1.39 bits per heavy atom. The van der Waals surface area contributed by atoms with Gasteiger partial charge < -0.3 is 14.5 Å². The van der Waals surface area contributed by atoms with E-state index in [-0.39, 0.29) is 12.0 Å². The molecule has 2 aliphatic heterocycles. The fourth-order valence-corrected chi connectivity index (χ4v) is 3.52. The molecule has 3 heterocycles. The third-order valence-corrected chi connectivity index (χ3v) is 4.84. The molecule has 0 aliphatic carbocycles. The number of nitrogens with one attached hydrogen (secondary N) is 1. The standard InChI is InChI=1S/C16H27N5O2/c1-19(2)9-10-20-11-12-23-15-5-8-21(7-4-14(15)20)16(22)13-3-6-17-18-13/h3,6,14-15H,4-5,7-12H2,1-2H3,(H,17,18)/t14-,15+/m0/s1. The van der Waals surface area contributed by atoms with Gasteiger partial charge in [0.15, 0.2) is 0 Å². The average Bonchev–Trinajstić information content (AvgIpc) is 2.99. The zero-order valence-corrected chi connectivity index (χ0v) is 14.1. The summed E-state index contributed by atoms with van der Waals surface area (Å²) in [7, 11) is 4.21. The first-order valence-corrected chi connectivity index (χ1v) is 8.44. The molecule has 0 aromatic carbocycles. The van der Waals surface area contributed by atoms with E-state index in [1.54, 1.807) is 12.3 Å². The van der Waals surface area contributed by atoms with Gasteiger partial charge in [0.1, 0.15) is 5.69 Å². The van der Waals surface area contributed by atoms with Gasteiger partial charge in [0.05, 0.1) is 12.7 Å². The van der Waals surface area contributed by atoms with Gasteiger partial charge in [0.25, 0.3) is 5.91 Å². The number of hydrogen-bond acceptors (Lipinski definition) is 5. The van der Waals surface area contributed by atoms with Gasteiger partial charge in [-0.2, -0.15) is 5.10 Å². The zero-order valence-electron chi connectivity index (χ0n) is 14.1. The summed E-state index contributed by atoms with van der Waals surface area (Å²) in [5.41, 5.74) is 0.570. The average molecular weight is 321 g/mol. The summed E-state index contributed by atoms with van der Waals surface area (Å²) >= 11 is 0. The summed E-state index contributed by atoms with van der Waals surface area (Å²) in [5, 5.41) is 6.65. The maximum Gasteiger partial charge on any atom is 0.271 e. The van der Waals surface area contributed by atoms with Crippen molar-refractivity contribution in [3.05, 3.63) is 18.0 Å². The Labute approximate surface area is 137 Å². The minimum atomic E-state index is 0.0426. The van der Waals surface area contributed by atoms with Crippen LogP contribution in [0.3, 0.4) is 0 Å². The van der Waals surface area contributed by atoms with Crippen LogP contribution in [0.2, 0.25) is 0 Å². The SMILES string of the molecule is CN(C)CCN1CCO[C@@H]2CCN(C(=O)c3ccn[nH]3)CC[C@@H]21. The zero-order chi connectivity index (χ0) is 16.2. The quantitative estimate of drug-likeness (QED) is 0.863. The maximum absolute atomic E-state index is 12.5. The van der Waals surface area contributed by atoms with Gasteiger partial charge in [-0.3, -0.25) is 14.8 Å². The van der Waals surface area contributed by atoms with Crippen LogP contribution >= 0.6 is 0 Å². The summed E-state index contributed by atoms with van der Waals surface area (Å²) < 4.78 is 6.00. The molecule has 2 fully saturated rings. The molecule has 3 rings (SSSR count). The molecule has 0 unspecified atom stereocenters. The van der Waals surface area contributed by atoms with E-state index in [1.807, 2.05) is 4.90 Å². The number of carbonyl (C=O) groups is 1. The molecule has 0 saturated carbocycles. The Morgan fingerprint density at radius 2 is 2.22 bits per heavy atom. The van der Waals surface area contributed by atoms with Crippen molar-refractivity contribution in [3.8, 4) is 0 Å². The van der Waals surface area contributed by atoms with E-state index < -0.39 is 0 Å². The van der Waals surface area contributed by atoms with Crippen LogP contribution in [0.25, 0.3) is 0 Å². The van der Waals surface area contributed by atoms with Crippen LogP contribution in [0.1, 0.15) is 23.3 Å². The minimum Gasteiger partial charge on any atom is -0.375 e. The molecule has 1 aromatic heterocycles. The fraction of sp³-hybridized carbons (Fsp3) is 0.750. The Morgan fingerprint density at radius 3 is 2.96 bits per heavy atom. The Kier molecular flexibility index (Phi) is 5.30. The highest BCUT2D eigenvalue weighted by atomic mass is 16.5. The first kappa shape index (κ1) is 16.4. The van der Waals surface area contributed by atoms with Gasteiger partial charge >= 0.3 is 0 Å². The van der Waals surface area contributed by atoms with Crippen molar-refractivity contribution >= 4 is 5.91 Å². The third kappa shape index (κ3) is 3.91. The van der Waals surface area contributed by atoms with Crippen molar-refractivity contribution in [3.63, 3.8) is 0 Å². The summed E-state index contributed by atoms with van der Waals surface area (Å²) in [5.74, 6) is 0.0426. The van der Waals surface area contributed by atoms with Crippen LogP contribution in [0, 0.1) is 0 Å². The Balaban J connectivity index is 1.63. The van der Waals surface area contributed by atoms with Crippen LogP contribution in [0.4, 0.5) is 0 Å². The number of likely N-dealkylation sites (tertiary alicyclic amines) is 1. The molecule has 23 heavy (non-hydrogen) atoms. The van der Waals surface area contributed by atoms with Crippen molar-refractivity contribution in [1.82, 2.24) is 24.9 Å². The van der Waals surface area contributed by atoms with E-state index in [4.69, 9.17) is 4.74 Å². The van der Waals surface area contributed by atoms with Crippen molar-refractivity contribution in [2.24, 2.45) is 0 Å². The van der Waals surface area contributed by atoms with Crippen LogP contribution in [-0.4, -0.2) is 96.4 Å². The number of fused-ring (bicyclic) bond motifs is 1. The van der Waals surface area contributed by atoms with Gasteiger partial charge in [-0.05, 0) is 33.0 Å². The third-order valence-electron chi connectivity index (χ3n) is 4.84. The van der Waals surface area contributed by atoms with Crippen LogP contribution in [-0.2, 0) is 4.74 Å². The fourth-order valence-electron chi connectivity index (χ4n) is 3.52. The monoisotopic (exact) mass is 321 g/mol. The van der Waals surface area contributed by atoms with Gasteiger partial charge in [-0.1, -0.05) is 0 Å². The lowest BCUT2D eigenvalue weighted by atomic mass is 10.0. The number of aromatic amines is 1. The van der Waals surface area contributed by atoms with Gasteiger partial charge in [0, 0.05) is 45.0 Å². The highest BCUT2D eigenvalue weighted by Crippen LogP contribution is 2.24. The second kappa shape index (κ2) is 7.42. The number of H-pyrrole nitrogens is 1. The highest BCUT2D eigenvalue weighted by molar-refractivity contribution is 5.92. The van der Waals surface area contributed by atoms with E-state index in [0.717, 1.165) is 52.2 Å². The summed E-state index contributed by atoms with van der Waals surface area (Å²) in [6, 6.07) is 2.16. The molecule has 0 bridgehead atoms. The molecule has 128 valence electrons. The number of carbonyl (C=O) groups excluding carboxylic acids is 1. The molecule has 0 radical (unpaired) electrons. The summed E-state index contributed by atoms with van der Waals surface area (Å²) in [4.78, 5) is 19.2. The second-order valence-electron chi connectivity index (χ2n) is 6.66. The molecule has 1 aromatic rings. The van der Waals surface area contributed by atoms with E-state index in [1.165, 1.54) is 0 Å². The van der Waals surface area contributed by atoms with Gasteiger partial charge in [-0.25, -0.2) is 0 Å². The molecule has 7 nitrogen and oxygen atoms in total. The number of ether oxygens (including phenoxy) is 1. The largest absolute Gasteiger partial charge is 0.375 e. The van der Waals surface area contributed by atoms with Crippen molar-refractivity contribution < 1.29 is 9.53 Å². The number of nitrogens with zero attached hydrogens (tertiary/aromatic N) is 4. The smallest absolute Gasteiger partial charge is 0.271 e. The molecule has 1 N–H and O–H groups in total. The number of amides is 1. The maximum atomic E-state index is 12.5. The topological polar surface area (TPSA) is 64.7 Å². The lowest BCUT2D eigenvalue weighted by Crippen LogP contribution is -2.52. The van der Waals surface area contributed by atoms with Gasteiger partial charge in [-0.15, -0.1) is 0 Å². The number of rotatable bonds is 4. The summed E-state index contributed by atoms with van der Waals surface area (Å²) in [6.45, 7) is 5.43. The number of hydrogen-bond donors (Lipinski definition) is 1.